The van der Waals surface area contributed by atoms with Gasteiger partial charge in [0.25, 0.3) is 0 Å². The molecule has 0 aliphatic carbocycles. The lowest BCUT2D eigenvalue weighted by Crippen LogP contribution is -2.16. The number of aryl methyl sites for hydroxylation is 1. The van der Waals surface area contributed by atoms with Crippen molar-refractivity contribution in [2.24, 2.45) is 7.05 Å². The van der Waals surface area contributed by atoms with Gasteiger partial charge in [-0.05, 0) is 12.1 Å². The highest BCUT2D eigenvalue weighted by Crippen LogP contribution is 1.93. The van der Waals surface area contributed by atoms with Gasteiger partial charge in [0.2, 0.25) is 0 Å². The van der Waals surface area contributed by atoms with E-state index < -0.39 is 0 Å². The van der Waals surface area contributed by atoms with Crippen LogP contribution in [0.15, 0.2) is 24.7 Å². The monoisotopic (exact) mass is 204 g/mol. The van der Waals surface area contributed by atoms with Gasteiger partial charge in [-0.2, -0.15) is 10.2 Å². The molecule has 0 unspecified atom stereocenters. The standard InChI is InChI=1S/C9H12N6/c1-15-7-12-14-9(15)6-10-5-8-3-2-4-11-13-8/h2-4,7,10H,5-6H2,1H3. The Balaban J connectivity index is 1.83. The lowest BCUT2D eigenvalue weighted by Gasteiger charge is -2.02. The number of hydrogen-bond acceptors (Lipinski definition) is 5. The Morgan fingerprint density at radius 1 is 1.27 bits per heavy atom. The average molecular weight is 204 g/mol. The molecule has 6 heteroatoms. The maximum atomic E-state index is 3.96. The first-order chi connectivity index (χ1) is 7.36. The largest absolute Gasteiger partial charge is 0.320 e. The quantitative estimate of drug-likeness (QED) is 0.753. The average Bonchev–Trinajstić information content (AvgIpc) is 2.66. The van der Waals surface area contributed by atoms with Gasteiger partial charge >= 0.3 is 0 Å². The predicted octanol–water partition coefficient (Wildman–Crippen LogP) is -0.105. The summed E-state index contributed by atoms with van der Waals surface area (Å²) in [6.45, 7) is 1.35. The van der Waals surface area contributed by atoms with Crippen molar-refractivity contribution in [3.05, 3.63) is 36.2 Å². The topological polar surface area (TPSA) is 68.5 Å². The van der Waals surface area contributed by atoms with Crippen molar-refractivity contribution >= 4 is 0 Å². The summed E-state index contributed by atoms with van der Waals surface area (Å²) in [6, 6.07) is 3.79. The summed E-state index contributed by atoms with van der Waals surface area (Å²) in [5, 5.41) is 18.7. The van der Waals surface area contributed by atoms with Gasteiger partial charge in [0.05, 0.1) is 12.2 Å². The number of hydrogen-bond donors (Lipinski definition) is 1. The Bertz CT molecular complexity index is 410. The minimum absolute atomic E-state index is 0.674. The first kappa shape index (κ1) is 9.72. The molecule has 0 fully saturated rings. The molecule has 0 amide bonds. The third-order valence-corrected chi connectivity index (χ3v) is 2.02. The molecule has 2 rings (SSSR count). The van der Waals surface area contributed by atoms with Crippen LogP contribution in [0.2, 0.25) is 0 Å². The summed E-state index contributed by atoms with van der Waals surface area (Å²) in [5.41, 5.74) is 0.916. The maximum Gasteiger partial charge on any atom is 0.146 e. The van der Waals surface area contributed by atoms with E-state index in [1.54, 1.807) is 12.5 Å². The fourth-order valence-electron chi connectivity index (χ4n) is 1.20. The molecular formula is C9H12N6. The Hall–Kier alpha value is -1.82. The van der Waals surface area contributed by atoms with Crippen LogP contribution in [0.4, 0.5) is 0 Å². The van der Waals surface area contributed by atoms with E-state index in [9.17, 15) is 0 Å². The molecule has 1 N–H and O–H groups in total. The van der Waals surface area contributed by atoms with Crippen LogP contribution < -0.4 is 5.32 Å². The van der Waals surface area contributed by atoms with Crippen LogP contribution in [0.25, 0.3) is 0 Å². The lowest BCUT2D eigenvalue weighted by atomic mass is 10.4. The second-order valence-electron chi connectivity index (χ2n) is 3.18. The van der Waals surface area contributed by atoms with Gasteiger partial charge in [-0.25, -0.2) is 0 Å². The smallest absolute Gasteiger partial charge is 0.146 e. The number of nitrogens with one attached hydrogen (secondary N) is 1. The van der Waals surface area contributed by atoms with Crippen LogP contribution in [0.3, 0.4) is 0 Å². The minimum Gasteiger partial charge on any atom is -0.320 e. The predicted molar refractivity (Wildman–Crippen MR) is 53.6 cm³/mol. The van der Waals surface area contributed by atoms with Crippen molar-refractivity contribution in [3.63, 3.8) is 0 Å². The van der Waals surface area contributed by atoms with Crippen LogP contribution >= 0.6 is 0 Å². The summed E-state index contributed by atoms with van der Waals surface area (Å²) < 4.78 is 1.88. The molecular weight excluding hydrogens is 192 g/mol. The fourth-order valence-corrected chi connectivity index (χ4v) is 1.20. The van der Waals surface area contributed by atoms with Crippen molar-refractivity contribution in [1.29, 1.82) is 0 Å². The number of aromatic nitrogens is 5. The van der Waals surface area contributed by atoms with Crippen molar-refractivity contribution in [1.82, 2.24) is 30.3 Å². The molecule has 0 aromatic carbocycles. The van der Waals surface area contributed by atoms with E-state index >= 15 is 0 Å². The van der Waals surface area contributed by atoms with Gasteiger partial charge in [-0.15, -0.1) is 10.2 Å². The minimum atomic E-state index is 0.674. The normalized spacial score (nSPS) is 10.5. The molecule has 0 saturated carbocycles. The Morgan fingerprint density at radius 3 is 2.87 bits per heavy atom. The van der Waals surface area contributed by atoms with Crippen LogP contribution in [0, 0.1) is 0 Å². The van der Waals surface area contributed by atoms with E-state index in [0.29, 0.717) is 13.1 Å². The van der Waals surface area contributed by atoms with E-state index in [2.05, 4.69) is 25.7 Å². The van der Waals surface area contributed by atoms with Crippen molar-refractivity contribution < 1.29 is 0 Å². The molecule has 0 aliphatic rings. The Morgan fingerprint density at radius 2 is 2.20 bits per heavy atom. The second kappa shape index (κ2) is 4.61. The van der Waals surface area contributed by atoms with Crippen LogP contribution in [0.1, 0.15) is 11.5 Å². The summed E-state index contributed by atoms with van der Waals surface area (Å²) in [4.78, 5) is 0. The Labute approximate surface area is 87.4 Å². The molecule has 2 aromatic heterocycles. The molecule has 0 radical (unpaired) electrons. The van der Waals surface area contributed by atoms with E-state index in [4.69, 9.17) is 0 Å². The first-order valence-electron chi connectivity index (χ1n) is 4.66. The van der Waals surface area contributed by atoms with Crippen molar-refractivity contribution in [2.45, 2.75) is 13.1 Å². The van der Waals surface area contributed by atoms with E-state index in [0.717, 1.165) is 11.5 Å². The van der Waals surface area contributed by atoms with Gasteiger partial charge in [0.1, 0.15) is 12.2 Å². The zero-order chi connectivity index (χ0) is 10.5. The van der Waals surface area contributed by atoms with Crippen LogP contribution in [-0.4, -0.2) is 25.0 Å². The van der Waals surface area contributed by atoms with Crippen molar-refractivity contribution in [2.75, 3.05) is 0 Å². The van der Waals surface area contributed by atoms with Gasteiger partial charge in [0.15, 0.2) is 0 Å². The molecule has 0 spiro atoms. The third-order valence-electron chi connectivity index (χ3n) is 2.02. The lowest BCUT2D eigenvalue weighted by molar-refractivity contribution is 0.624. The molecule has 0 atom stereocenters. The molecule has 2 aromatic rings. The fraction of sp³-hybridized carbons (Fsp3) is 0.333. The van der Waals surface area contributed by atoms with Gasteiger partial charge in [0, 0.05) is 19.8 Å². The summed E-state index contributed by atoms with van der Waals surface area (Å²) in [7, 11) is 1.92. The summed E-state index contributed by atoms with van der Waals surface area (Å²) in [5.74, 6) is 0.902. The van der Waals surface area contributed by atoms with E-state index in [1.165, 1.54) is 0 Å². The highest BCUT2D eigenvalue weighted by molar-refractivity contribution is 4.98. The molecule has 15 heavy (non-hydrogen) atoms. The van der Waals surface area contributed by atoms with Gasteiger partial charge < -0.3 is 9.88 Å². The molecule has 0 bridgehead atoms. The highest BCUT2D eigenvalue weighted by atomic mass is 15.3. The molecule has 2 heterocycles. The van der Waals surface area contributed by atoms with E-state index in [-0.39, 0.29) is 0 Å². The first-order valence-corrected chi connectivity index (χ1v) is 4.66. The van der Waals surface area contributed by atoms with Gasteiger partial charge in [-0.1, -0.05) is 0 Å². The number of nitrogens with zero attached hydrogens (tertiary/aromatic N) is 5. The van der Waals surface area contributed by atoms with Crippen molar-refractivity contribution in [3.8, 4) is 0 Å². The number of rotatable bonds is 4. The van der Waals surface area contributed by atoms with Crippen LogP contribution in [-0.2, 0) is 20.1 Å². The van der Waals surface area contributed by atoms with Gasteiger partial charge in [-0.3, -0.25) is 0 Å². The second-order valence-corrected chi connectivity index (χ2v) is 3.18. The Kier molecular flexibility index (Phi) is 2.99. The third kappa shape index (κ3) is 2.57. The van der Waals surface area contributed by atoms with Crippen LogP contribution in [0.5, 0.6) is 0 Å². The molecule has 0 aliphatic heterocycles. The molecule has 78 valence electrons. The maximum absolute atomic E-state index is 3.96. The summed E-state index contributed by atoms with van der Waals surface area (Å²) in [6.07, 6.45) is 3.34. The zero-order valence-corrected chi connectivity index (χ0v) is 8.46. The molecule has 0 saturated heterocycles. The zero-order valence-electron chi connectivity index (χ0n) is 8.46. The van der Waals surface area contributed by atoms with E-state index in [1.807, 2.05) is 23.7 Å². The highest BCUT2D eigenvalue weighted by Gasteiger charge is 1.99. The SMILES string of the molecule is Cn1cnnc1CNCc1cccnn1. The molecule has 6 nitrogen and oxygen atoms in total. The summed E-state index contributed by atoms with van der Waals surface area (Å²) >= 11 is 0.